The van der Waals surface area contributed by atoms with E-state index in [2.05, 4.69) is 17.2 Å². The molecule has 2 heterocycles. The first-order valence-corrected chi connectivity index (χ1v) is 9.30. The van der Waals surface area contributed by atoms with Crippen molar-refractivity contribution in [3.05, 3.63) is 28.1 Å². The lowest BCUT2D eigenvalue weighted by Gasteiger charge is -2.37. The molecule has 1 saturated carbocycles. The molecule has 2 aromatic rings. The quantitative estimate of drug-likeness (QED) is 0.846. The second-order valence-electron chi connectivity index (χ2n) is 6.60. The molecule has 1 aliphatic rings. The number of nitrogens with one attached hydrogen (secondary N) is 1. The van der Waals surface area contributed by atoms with E-state index < -0.39 is 17.4 Å². The number of hydrogen-bond acceptors (Lipinski definition) is 5. The Hall–Kier alpha value is -2.22. The lowest BCUT2D eigenvalue weighted by molar-refractivity contribution is -0.149. The Kier molecular flexibility index (Phi) is 4.89. The normalized spacial score (nSPS) is 23.5. The van der Waals surface area contributed by atoms with Crippen molar-refractivity contribution < 1.29 is 14.7 Å². The lowest BCUT2D eigenvalue weighted by atomic mass is 9.75. The van der Waals surface area contributed by atoms with E-state index in [9.17, 15) is 19.5 Å². The van der Waals surface area contributed by atoms with E-state index in [0.717, 1.165) is 19.3 Å². The van der Waals surface area contributed by atoms with Crippen molar-refractivity contribution in [2.75, 3.05) is 0 Å². The summed E-state index contributed by atoms with van der Waals surface area (Å²) in [6, 6.07) is 1.68. The van der Waals surface area contributed by atoms with Crippen molar-refractivity contribution in [2.24, 2.45) is 5.92 Å². The summed E-state index contributed by atoms with van der Waals surface area (Å²) in [5.41, 5.74) is -1.52. The Labute approximate surface area is 148 Å². The maximum Gasteiger partial charge on any atom is 0.329 e. The minimum absolute atomic E-state index is 0.232. The molecule has 1 amide bonds. The van der Waals surface area contributed by atoms with Crippen LogP contribution in [0, 0.1) is 5.92 Å². The highest BCUT2D eigenvalue weighted by molar-refractivity contribution is 7.16. The predicted octanol–water partition coefficient (Wildman–Crippen LogP) is 2.00. The molecule has 8 heteroatoms. The van der Waals surface area contributed by atoms with Crippen molar-refractivity contribution >= 4 is 33.4 Å². The third-order valence-corrected chi connectivity index (χ3v) is 5.91. The Morgan fingerprint density at radius 2 is 2.16 bits per heavy atom. The van der Waals surface area contributed by atoms with Crippen LogP contribution in [0.1, 0.15) is 39.0 Å². The molecule has 0 aliphatic heterocycles. The van der Waals surface area contributed by atoms with Gasteiger partial charge in [0.05, 0.1) is 11.7 Å². The van der Waals surface area contributed by atoms with Gasteiger partial charge in [0, 0.05) is 0 Å². The van der Waals surface area contributed by atoms with Gasteiger partial charge in [-0.3, -0.25) is 14.2 Å². The van der Waals surface area contributed by atoms with E-state index in [1.165, 1.54) is 22.2 Å². The van der Waals surface area contributed by atoms with Gasteiger partial charge < -0.3 is 10.4 Å². The van der Waals surface area contributed by atoms with Crippen LogP contribution in [0.3, 0.4) is 0 Å². The molecule has 0 bridgehead atoms. The van der Waals surface area contributed by atoms with Crippen LogP contribution < -0.4 is 10.9 Å². The molecule has 1 fully saturated rings. The van der Waals surface area contributed by atoms with Gasteiger partial charge in [0.15, 0.2) is 0 Å². The predicted molar refractivity (Wildman–Crippen MR) is 94.6 cm³/mol. The number of hydrogen-bond donors (Lipinski definition) is 2. The molecule has 2 N–H and O–H groups in total. The highest BCUT2D eigenvalue weighted by Crippen LogP contribution is 2.34. The number of aliphatic carboxylic acids is 1. The Bertz CT molecular complexity index is 849. The fourth-order valence-electron chi connectivity index (χ4n) is 3.44. The molecule has 7 nitrogen and oxygen atoms in total. The molecule has 3 rings (SSSR count). The molecule has 0 aromatic carbocycles. The number of aromatic nitrogens is 2. The first kappa shape index (κ1) is 17.6. The monoisotopic (exact) mass is 363 g/mol. The van der Waals surface area contributed by atoms with Crippen LogP contribution in [0.4, 0.5) is 0 Å². The SMILES string of the molecule is CCC1CCC(NC(=O)Cn2cnc3sccc3c2=O)(C(=O)O)CC1. The van der Waals surface area contributed by atoms with Gasteiger partial charge in [0.1, 0.15) is 16.9 Å². The van der Waals surface area contributed by atoms with Crippen molar-refractivity contribution in [3.8, 4) is 0 Å². The maximum absolute atomic E-state index is 12.4. The van der Waals surface area contributed by atoms with E-state index in [1.807, 2.05) is 0 Å². The van der Waals surface area contributed by atoms with Crippen LogP contribution in [0.15, 0.2) is 22.6 Å². The zero-order valence-electron chi connectivity index (χ0n) is 14.0. The summed E-state index contributed by atoms with van der Waals surface area (Å²) in [5.74, 6) is -0.970. The number of carbonyl (C=O) groups is 2. The molecule has 0 unspecified atom stereocenters. The summed E-state index contributed by atoms with van der Waals surface area (Å²) in [6.45, 7) is 1.86. The average molecular weight is 363 g/mol. The number of thiophene rings is 1. The molecule has 25 heavy (non-hydrogen) atoms. The highest BCUT2D eigenvalue weighted by atomic mass is 32.1. The standard InChI is InChI=1S/C17H21N3O4S/c1-2-11-3-6-17(7-4-11,16(23)24)19-13(21)9-20-10-18-14-12(15(20)22)5-8-25-14/h5,8,10-11H,2-4,6-7,9H2,1H3,(H,19,21)(H,23,24). The third kappa shape index (κ3) is 3.44. The number of nitrogens with zero attached hydrogens (tertiary/aromatic N) is 2. The Balaban J connectivity index is 1.74. The molecule has 134 valence electrons. The first-order chi connectivity index (χ1) is 11.9. The van der Waals surface area contributed by atoms with E-state index in [4.69, 9.17) is 0 Å². The van der Waals surface area contributed by atoms with Gasteiger partial charge in [0.25, 0.3) is 5.56 Å². The zero-order valence-corrected chi connectivity index (χ0v) is 14.8. The van der Waals surface area contributed by atoms with Crippen LogP contribution in [-0.2, 0) is 16.1 Å². The minimum Gasteiger partial charge on any atom is -0.480 e. The topological polar surface area (TPSA) is 101 Å². The molecule has 0 radical (unpaired) electrons. The van der Waals surface area contributed by atoms with E-state index in [1.54, 1.807) is 11.4 Å². The number of rotatable bonds is 5. The van der Waals surface area contributed by atoms with Crippen molar-refractivity contribution in [1.29, 1.82) is 0 Å². The van der Waals surface area contributed by atoms with Crippen LogP contribution in [0.25, 0.3) is 10.2 Å². The summed E-state index contributed by atoms with van der Waals surface area (Å²) in [4.78, 5) is 41.3. The molecular weight excluding hydrogens is 342 g/mol. The first-order valence-electron chi connectivity index (χ1n) is 8.42. The van der Waals surface area contributed by atoms with E-state index >= 15 is 0 Å². The van der Waals surface area contributed by atoms with Crippen LogP contribution in [-0.4, -0.2) is 32.1 Å². The van der Waals surface area contributed by atoms with Crippen LogP contribution in [0.5, 0.6) is 0 Å². The number of carboxylic acid groups (broad SMARTS) is 1. The van der Waals surface area contributed by atoms with Crippen molar-refractivity contribution in [3.63, 3.8) is 0 Å². The molecule has 1 aliphatic carbocycles. The number of carbonyl (C=O) groups excluding carboxylic acids is 1. The van der Waals surface area contributed by atoms with Crippen molar-refractivity contribution in [1.82, 2.24) is 14.9 Å². The number of amides is 1. The van der Waals surface area contributed by atoms with E-state index in [0.29, 0.717) is 29.0 Å². The fraction of sp³-hybridized carbons (Fsp3) is 0.529. The average Bonchev–Trinajstić information content (AvgIpc) is 3.07. The van der Waals surface area contributed by atoms with Gasteiger partial charge in [-0.2, -0.15) is 0 Å². The molecular formula is C17H21N3O4S. The summed E-state index contributed by atoms with van der Waals surface area (Å²) in [7, 11) is 0. The highest BCUT2D eigenvalue weighted by Gasteiger charge is 2.42. The molecule has 0 saturated heterocycles. The Morgan fingerprint density at radius 1 is 1.44 bits per heavy atom. The van der Waals surface area contributed by atoms with Gasteiger partial charge in [-0.25, -0.2) is 9.78 Å². The van der Waals surface area contributed by atoms with E-state index in [-0.39, 0.29) is 12.1 Å². The fourth-order valence-corrected chi connectivity index (χ4v) is 4.16. The van der Waals surface area contributed by atoms with Crippen LogP contribution in [0.2, 0.25) is 0 Å². The largest absolute Gasteiger partial charge is 0.480 e. The maximum atomic E-state index is 12.4. The molecule has 2 aromatic heterocycles. The zero-order chi connectivity index (χ0) is 18.0. The lowest BCUT2D eigenvalue weighted by Crippen LogP contribution is -2.57. The second-order valence-corrected chi connectivity index (χ2v) is 7.50. The summed E-state index contributed by atoms with van der Waals surface area (Å²) in [6.07, 6.45) is 4.76. The van der Waals surface area contributed by atoms with Gasteiger partial charge in [-0.1, -0.05) is 13.3 Å². The summed E-state index contributed by atoms with van der Waals surface area (Å²) >= 11 is 1.36. The van der Waals surface area contributed by atoms with Gasteiger partial charge in [0.2, 0.25) is 5.91 Å². The van der Waals surface area contributed by atoms with Crippen molar-refractivity contribution in [2.45, 2.75) is 51.1 Å². The number of fused-ring (bicyclic) bond motifs is 1. The van der Waals surface area contributed by atoms with Gasteiger partial charge in [-0.05, 0) is 43.0 Å². The smallest absolute Gasteiger partial charge is 0.329 e. The number of carboxylic acids is 1. The van der Waals surface area contributed by atoms with Gasteiger partial charge in [-0.15, -0.1) is 11.3 Å². The van der Waals surface area contributed by atoms with Gasteiger partial charge >= 0.3 is 5.97 Å². The summed E-state index contributed by atoms with van der Waals surface area (Å²) in [5, 5.41) is 14.5. The minimum atomic E-state index is -1.23. The Morgan fingerprint density at radius 3 is 2.80 bits per heavy atom. The second kappa shape index (κ2) is 6.95. The van der Waals surface area contributed by atoms with Crippen LogP contribution >= 0.6 is 11.3 Å². The molecule has 0 spiro atoms. The summed E-state index contributed by atoms with van der Waals surface area (Å²) < 4.78 is 1.22. The third-order valence-electron chi connectivity index (χ3n) is 5.09. The molecule has 0 atom stereocenters.